The van der Waals surface area contributed by atoms with E-state index in [1.54, 1.807) is 13.8 Å². The number of aromatic nitrogens is 2. The molecule has 1 fully saturated rings. The fraction of sp³-hybridized carbons (Fsp3) is 0.444. The lowest BCUT2D eigenvalue weighted by molar-refractivity contribution is -0.120. The molecule has 1 atom stereocenters. The summed E-state index contributed by atoms with van der Waals surface area (Å²) in [5, 5.41) is 9.59. The van der Waals surface area contributed by atoms with Gasteiger partial charge in [0.1, 0.15) is 4.90 Å². The summed E-state index contributed by atoms with van der Waals surface area (Å²) >= 11 is 0. The first kappa shape index (κ1) is 18.6. The van der Waals surface area contributed by atoms with Gasteiger partial charge in [0.25, 0.3) is 0 Å². The summed E-state index contributed by atoms with van der Waals surface area (Å²) in [4.78, 5) is 12.8. The van der Waals surface area contributed by atoms with Crippen LogP contribution in [0.25, 0.3) is 0 Å². The van der Waals surface area contributed by atoms with E-state index in [4.69, 9.17) is 0 Å². The molecule has 1 saturated heterocycles. The topological polar surface area (TPSA) is 95.2 Å². The molecule has 1 aromatic carbocycles. The van der Waals surface area contributed by atoms with E-state index in [1.807, 2.05) is 31.2 Å². The average molecular weight is 376 g/mol. The molecule has 0 aliphatic carbocycles. The smallest absolute Gasteiger partial charge is 0.246 e. The molecular formula is C18H24N4O3S. The third-order valence-corrected chi connectivity index (χ3v) is 6.86. The maximum Gasteiger partial charge on any atom is 0.246 e. The van der Waals surface area contributed by atoms with Crippen LogP contribution in [-0.2, 0) is 14.8 Å². The molecule has 2 heterocycles. The molecule has 1 amide bonds. The number of hydrogen-bond donors (Lipinski definition) is 2. The van der Waals surface area contributed by atoms with Gasteiger partial charge in [-0.2, -0.15) is 9.40 Å². The zero-order valence-corrected chi connectivity index (χ0v) is 16.1. The maximum absolute atomic E-state index is 13.0. The number of anilines is 1. The summed E-state index contributed by atoms with van der Waals surface area (Å²) in [6.45, 7) is 5.94. The first-order valence-electron chi connectivity index (χ1n) is 8.68. The summed E-state index contributed by atoms with van der Waals surface area (Å²) in [6, 6.07) is 7.56. The predicted molar refractivity (Wildman–Crippen MR) is 99.4 cm³/mol. The number of H-pyrrole nitrogens is 1. The minimum atomic E-state index is -3.67. The van der Waals surface area contributed by atoms with Gasteiger partial charge in [0, 0.05) is 18.8 Å². The van der Waals surface area contributed by atoms with Crippen LogP contribution in [0.4, 0.5) is 5.69 Å². The summed E-state index contributed by atoms with van der Waals surface area (Å²) in [5.41, 5.74) is 2.81. The van der Waals surface area contributed by atoms with E-state index in [0.717, 1.165) is 11.3 Å². The molecule has 0 saturated carbocycles. The molecule has 0 unspecified atom stereocenters. The normalized spacial score (nSPS) is 18.7. The van der Waals surface area contributed by atoms with E-state index >= 15 is 0 Å². The van der Waals surface area contributed by atoms with E-state index in [1.165, 1.54) is 4.31 Å². The molecule has 0 bridgehead atoms. The highest BCUT2D eigenvalue weighted by atomic mass is 32.2. The molecule has 1 aliphatic heterocycles. The number of carbonyl (C=O) groups excluding carboxylic acids is 1. The van der Waals surface area contributed by atoms with Crippen LogP contribution in [-0.4, -0.2) is 41.9 Å². The summed E-state index contributed by atoms with van der Waals surface area (Å²) < 4.78 is 27.4. The molecule has 26 heavy (non-hydrogen) atoms. The lowest BCUT2D eigenvalue weighted by atomic mass is 9.98. The Balaban J connectivity index is 1.74. The van der Waals surface area contributed by atoms with Crippen LogP contribution in [0.3, 0.4) is 0 Å². The van der Waals surface area contributed by atoms with Crippen LogP contribution in [0.2, 0.25) is 0 Å². The zero-order valence-electron chi connectivity index (χ0n) is 15.2. The Morgan fingerprint density at radius 2 is 1.92 bits per heavy atom. The number of amides is 1. The third-order valence-electron chi connectivity index (χ3n) is 4.73. The Hall–Kier alpha value is -2.19. The number of nitrogens with zero attached hydrogens (tertiary/aromatic N) is 2. The van der Waals surface area contributed by atoms with Crippen LogP contribution >= 0.6 is 0 Å². The minimum absolute atomic E-state index is 0.144. The molecular weight excluding hydrogens is 352 g/mol. The van der Waals surface area contributed by atoms with Crippen molar-refractivity contribution in [3.63, 3.8) is 0 Å². The second kappa shape index (κ2) is 7.20. The summed E-state index contributed by atoms with van der Waals surface area (Å²) in [7, 11) is -3.67. The third kappa shape index (κ3) is 3.66. The predicted octanol–water partition coefficient (Wildman–Crippen LogP) is 2.37. The van der Waals surface area contributed by atoms with Gasteiger partial charge in [0.15, 0.2) is 0 Å². The van der Waals surface area contributed by atoms with E-state index in [0.29, 0.717) is 30.8 Å². The molecule has 0 spiro atoms. The van der Waals surface area contributed by atoms with Crippen molar-refractivity contribution >= 4 is 21.6 Å². The number of benzene rings is 1. The van der Waals surface area contributed by atoms with Gasteiger partial charge in [-0.1, -0.05) is 17.7 Å². The first-order chi connectivity index (χ1) is 12.3. The number of aromatic amines is 1. The average Bonchev–Trinajstić information content (AvgIpc) is 2.96. The Bertz CT molecular complexity index is 884. The largest absolute Gasteiger partial charge is 0.326 e. The van der Waals surface area contributed by atoms with Gasteiger partial charge in [-0.15, -0.1) is 0 Å². The molecule has 2 N–H and O–H groups in total. The lowest BCUT2D eigenvalue weighted by Gasteiger charge is -2.31. The number of aryl methyl sites for hydroxylation is 3. The van der Waals surface area contributed by atoms with Gasteiger partial charge >= 0.3 is 0 Å². The molecule has 140 valence electrons. The van der Waals surface area contributed by atoms with Crippen molar-refractivity contribution in [2.45, 2.75) is 38.5 Å². The molecule has 1 aromatic heterocycles. The van der Waals surface area contributed by atoms with Gasteiger partial charge in [0.2, 0.25) is 15.9 Å². The fourth-order valence-electron chi connectivity index (χ4n) is 3.31. The van der Waals surface area contributed by atoms with Gasteiger partial charge in [-0.3, -0.25) is 9.89 Å². The van der Waals surface area contributed by atoms with Crippen LogP contribution in [0.1, 0.15) is 29.8 Å². The second-order valence-corrected chi connectivity index (χ2v) is 8.70. The van der Waals surface area contributed by atoms with Crippen molar-refractivity contribution in [2.75, 3.05) is 18.4 Å². The van der Waals surface area contributed by atoms with Gasteiger partial charge in [0.05, 0.1) is 17.3 Å². The highest BCUT2D eigenvalue weighted by Crippen LogP contribution is 2.27. The van der Waals surface area contributed by atoms with E-state index in [2.05, 4.69) is 15.5 Å². The lowest BCUT2D eigenvalue weighted by Crippen LogP contribution is -2.43. The van der Waals surface area contributed by atoms with Crippen molar-refractivity contribution in [3.05, 3.63) is 41.2 Å². The molecule has 3 rings (SSSR count). The van der Waals surface area contributed by atoms with Crippen LogP contribution in [0.5, 0.6) is 0 Å². The van der Waals surface area contributed by atoms with Gasteiger partial charge in [-0.25, -0.2) is 8.42 Å². The molecule has 7 nitrogen and oxygen atoms in total. The van der Waals surface area contributed by atoms with Gasteiger partial charge < -0.3 is 5.32 Å². The van der Waals surface area contributed by atoms with Crippen molar-refractivity contribution in [1.29, 1.82) is 0 Å². The summed E-state index contributed by atoms with van der Waals surface area (Å²) in [6.07, 6.45) is 1.33. The Kier molecular flexibility index (Phi) is 5.15. The number of sulfonamides is 1. The number of rotatable bonds is 4. The number of piperidine rings is 1. The van der Waals surface area contributed by atoms with Crippen molar-refractivity contribution < 1.29 is 13.2 Å². The second-order valence-electron chi connectivity index (χ2n) is 6.82. The Morgan fingerprint density at radius 3 is 2.54 bits per heavy atom. The van der Waals surface area contributed by atoms with Gasteiger partial charge in [-0.05, 0) is 45.7 Å². The van der Waals surface area contributed by atoms with Crippen LogP contribution in [0, 0.1) is 26.7 Å². The van der Waals surface area contributed by atoms with Crippen molar-refractivity contribution in [2.24, 2.45) is 5.92 Å². The van der Waals surface area contributed by atoms with E-state index in [-0.39, 0.29) is 23.3 Å². The quantitative estimate of drug-likeness (QED) is 0.856. The Labute approximate surface area is 153 Å². The van der Waals surface area contributed by atoms with Crippen molar-refractivity contribution in [3.8, 4) is 0 Å². The maximum atomic E-state index is 13.0. The number of hydrogen-bond acceptors (Lipinski definition) is 4. The highest BCUT2D eigenvalue weighted by Gasteiger charge is 2.35. The molecule has 0 radical (unpaired) electrons. The monoisotopic (exact) mass is 376 g/mol. The van der Waals surface area contributed by atoms with Crippen molar-refractivity contribution in [1.82, 2.24) is 14.5 Å². The SMILES string of the molecule is Cc1ccc(NC(=O)[C@@H]2CCCN(S(=O)(=O)c3c(C)n[nH]c3C)C2)cc1. The molecule has 1 aliphatic rings. The molecule has 8 heteroatoms. The molecule has 2 aromatic rings. The fourth-order valence-corrected chi connectivity index (χ4v) is 5.16. The summed E-state index contributed by atoms with van der Waals surface area (Å²) in [5.74, 6) is -0.512. The minimum Gasteiger partial charge on any atom is -0.326 e. The zero-order chi connectivity index (χ0) is 18.9. The first-order valence-corrected chi connectivity index (χ1v) is 10.1. The van der Waals surface area contributed by atoms with E-state index in [9.17, 15) is 13.2 Å². The van der Waals surface area contributed by atoms with Crippen LogP contribution in [0.15, 0.2) is 29.2 Å². The highest BCUT2D eigenvalue weighted by molar-refractivity contribution is 7.89. The number of nitrogens with one attached hydrogen (secondary N) is 2. The van der Waals surface area contributed by atoms with E-state index < -0.39 is 10.0 Å². The standard InChI is InChI=1S/C18H24N4O3S/c1-12-6-8-16(9-7-12)19-18(23)15-5-4-10-22(11-15)26(24,25)17-13(2)20-21-14(17)3/h6-9,15H,4-5,10-11H2,1-3H3,(H,19,23)(H,20,21)/t15-/m1/s1. The Morgan fingerprint density at radius 1 is 1.23 bits per heavy atom. The number of carbonyl (C=O) groups is 1. The van der Waals surface area contributed by atoms with Crippen LogP contribution < -0.4 is 5.32 Å².